The third-order valence-corrected chi connectivity index (χ3v) is 7.47. The molecule has 0 spiro atoms. The minimum atomic E-state index is -3.63. The molecule has 6 heteroatoms. The van der Waals surface area contributed by atoms with Crippen LogP contribution in [0, 0.1) is 0 Å². The normalized spacial score (nSPS) is 17.7. The highest BCUT2D eigenvalue weighted by Gasteiger charge is 2.34. The second-order valence-corrected chi connectivity index (χ2v) is 9.74. The number of hydrogen-bond donors (Lipinski definition) is 1. The van der Waals surface area contributed by atoms with Crippen LogP contribution in [0.5, 0.6) is 0 Å². The fourth-order valence-corrected chi connectivity index (χ4v) is 5.42. The Balaban J connectivity index is 1.90. The number of hydrogen-bond acceptors (Lipinski definition) is 3. The first kappa shape index (κ1) is 21.2. The molecule has 0 aromatic heterocycles. The van der Waals surface area contributed by atoms with E-state index in [9.17, 15) is 8.42 Å². The van der Waals surface area contributed by atoms with Crippen molar-refractivity contribution >= 4 is 27.3 Å². The van der Waals surface area contributed by atoms with E-state index in [4.69, 9.17) is 11.6 Å². The Morgan fingerprint density at radius 2 is 1.71 bits per heavy atom. The molecule has 0 saturated heterocycles. The van der Waals surface area contributed by atoms with E-state index in [2.05, 4.69) is 12.2 Å². The summed E-state index contributed by atoms with van der Waals surface area (Å²) in [5, 5.41) is 4.14. The molecule has 0 saturated carbocycles. The third-order valence-electron chi connectivity index (χ3n) is 5.39. The summed E-state index contributed by atoms with van der Waals surface area (Å²) in [5.41, 5.74) is 2.36. The molecule has 1 aliphatic heterocycles. The quantitative estimate of drug-likeness (QED) is 0.572. The van der Waals surface area contributed by atoms with Crippen molar-refractivity contribution in [2.24, 2.45) is 0 Å². The van der Waals surface area contributed by atoms with Gasteiger partial charge in [-0.25, -0.2) is 8.42 Å². The molecule has 0 fully saturated rings. The van der Waals surface area contributed by atoms with Crippen LogP contribution in [0.3, 0.4) is 0 Å². The van der Waals surface area contributed by atoms with Crippen molar-refractivity contribution in [3.05, 3.63) is 58.6 Å². The van der Waals surface area contributed by atoms with Gasteiger partial charge in [0.2, 0.25) is 0 Å². The number of anilines is 1. The van der Waals surface area contributed by atoms with E-state index in [0.717, 1.165) is 24.1 Å². The highest BCUT2D eigenvalue weighted by molar-refractivity contribution is 7.92. The molecular formula is C22H29ClN2O2S. The highest BCUT2D eigenvalue weighted by Crippen LogP contribution is 2.41. The van der Waals surface area contributed by atoms with Gasteiger partial charge in [0, 0.05) is 12.1 Å². The van der Waals surface area contributed by atoms with Gasteiger partial charge in [-0.2, -0.15) is 0 Å². The Bertz CT molecular complexity index is 915. The Morgan fingerprint density at radius 3 is 2.50 bits per heavy atom. The molecule has 2 aromatic rings. The van der Waals surface area contributed by atoms with Gasteiger partial charge >= 0.3 is 0 Å². The molecule has 1 unspecified atom stereocenters. The van der Waals surface area contributed by atoms with Crippen LogP contribution in [0.2, 0.25) is 5.02 Å². The molecule has 0 amide bonds. The second-order valence-electron chi connectivity index (χ2n) is 7.37. The molecule has 1 atom stereocenters. The first-order chi connectivity index (χ1) is 13.5. The van der Waals surface area contributed by atoms with E-state index in [0.29, 0.717) is 15.6 Å². The number of rotatable bonds is 8. The lowest BCUT2D eigenvalue weighted by Gasteiger charge is -2.22. The molecule has 1 N–H and O–H groups in total. The lowest BCUT2D eigenvalue weighted by Crippen LogP contribution is -2.26. The predicted molar refractivity (Wildman–Crippen MR) is 117 cm³/mol. The summed E-state index contributed by atoms with van der Waals surface area (Å²) in [7, 11) is -2.04. The summed E-state index contributed by atoms with van der Waals surface area (Å²) < 4.78 is 27.7. The lowest BCUT2D eigenvalue weighted by molar-refractivity contribution is 0.539. The molecular weight excluding hydrogens is 392 g/mol. The predicted octanol–water partition coefficient (Wildman–Crippen LogP) is 5.52. The van der Waals surface area contributed by atoms with Crippen molar-refractivity contribution in [1.82, 2.24) is 5.32 Å². The van der Waals surface area contributed by atoms with Crippen molar-refractivity contribution in [2.45, 2.75) is 56.4 Å². The first-order valence-electron chi connectivity index (χ1n) is 10.1. The van der Waals surface area contributed by atoms with Crippen molar-refractivity contribution in [3.63, 3.8) is 0 Å². The lowest BCUT2D eigenvalue weighted by atomic mass is 9.96. The number of benzene rings is 2. The van der Waals surface area contributed by atoms with E-state index in [1.807, 2.05) is 24.3 Å². The topological polar surface area (TPSA) is 49.4 Å². The van der Waals surface area contributed by atoms with Crippen molar-refractivity contribution in [1.29, 1.82) is 0 Å². The molecule has 0 radical (unpaired) electrons. The van der Waals surface area contributed by atoms with Crippen LogP contribution in [0.1, 0.15) is 62.6 Å². The maximum absolute atomic E-state index is 13.2. The number of halogens is 1. The Labute approximate surface area is 174 Å². The zero-order valence-electron chi connectivity index (χ0n) is 16.6. The summed E-state index contributed by atoms with van der Waals surface area (Å²) in [6.45, 7) is 3.07. The summed E-state index contributed by atoms with van der Waals surface area (Å²) in [5.74, 6) is 0. The molecule has 0 aliphatic carbocycles. The van der Waals surface area contributed by atoms with E-state index < -0.39 is 10.0 Å². The summed E-state index contributed by atoms with van der Waals surface area (Å²) in [6, 6.07) is 12.6. The van der Waals surface area contributed by atoms with Crippen LogP contribution in [-0.2, 0) is 10.0 Å². The van der Waals surface area contributed by atoms with Gasteiger partial charge in [0.1, 0.15) is 0 Å². The minimum Gasteiger partial charge on any atom is -0.306 e. The summed E-state index contributed by atoms with van der Waals surface area (Å²) in [6.07, 6.45) is 7.34. The van der Waals surface area contributed by atoms with Gasteiger partial charge in [-0.3, -0.25) is 4.31 Å². The van der Waals surface area contributed by atoms with E-state index in [1.165, 1.54) is 36.4 Å². The standard InChI is InChI=1S/C22H29ClN2O2S/c1-3-4-5-6-7-10-15-24-22-18-14-13-17(23)16-20(18)25(2)28(26,27)21-12-9-8-11-19(21)22/h8-9,11-14,16,22,24H,3-7,10,15H2,1-2H3. The summed E-state index contributed by atoms with van der Waals surface area (Å²) in [4.78, 5) is 0.352. The molecule has 28 heavy (non-hydrogen) atoms. The molecule has 3 rings (SSSR count). The van der Waals surface area contributed by atoms with E-state index >= 15 is 0 Å². The fraction of sp³-hybridized carbons (Fsp3) is 0.455. The maximum atomic E-state index is 13.2. The van der Waals surface area contributed by atoms with E-state index in [1.54, 1.807) is 25.2 Å². The van der Waals surface area contributed by atoms with Crippen LogP contribution in [0.15, 0.2) is 47.4 Å². The van der Waals surface area contributed by atoms with Gasteiger partial charge in [0.15, 0.2) is 0 Å². The average Bonchev–Trinajstić information content (AvgIpc) is 2.75. The Kier molecular flexibility index (Phi) is 7.02. The van der Waals surface area contributed by atoms with Crippen LogP contribution in [0.25, 0.3) is 0 Å². The SMILES string of the molecule is CCCCCCCCNC1c2ccc(Cl)cc2N(C)S(=O)(=O)c2ccccc21. The van der Waals surface area contributed by atoms with Crippen LogP contribution in [0.4, 0.5) is 5.69 Å². The zero-order valence-corrected chi connectivity index (χ0v) is 18.2. The fourth-order valence-electron chi connectivity index (χ4n) is 3.80. The van der Waals surface area contributed by atoms with Crippen molar-refractivity contribution < 1.29 is 8.42 Å². The minimum absolute atomic E-state index is 0.182. The molecule has 2 aromatic carbocycles. The van der Waals surface area contributed by atoms with E-state index in [-0.39, 0.29) is 6.04 Å². The molecule has 1 aliphatic rings. The number of unbranched alkanes of at least 4 members (excludes halogenated alkanes) is 5. The molecule has 152 valence electrons. The van der Waals surface area contributed by atoms with Crippen molar-refractivity contribution in [2.75, 3.05) is 17.9 Å². The number of fused-ring (bicyclic) bond motifs is 2. The average molecular weight is 421 g/mol. The maximum Gasteiger partial charge on any atom is 0.264 e. The highest BCUT2D eigenvalue weighted by atomic mass is 35.5. The van der Waals surface area contributed by atoms with Gasteiger partial charge in [-0.15, -0.1) is 0 Å². The van der Waals surface area contributed by atoms with Gasteiger partial charge in [-0.1, -0.05) is 74.9 Å². The molecule has 0 bridgehead atoms. The monoisotopic (exact) mass is 420 g/mol. The van der Waals surface area contributed by atoms with Crippen LogP contribution in [-0.4, -0.2) is 22.0 Å². The Hall–Kier alpha value is -1.56. The molecule has 4 nitrogen and oxygen atoms in total. The third kappa shape index (κ3) is 4.37. The molecule has 1 heterocycles. The van der Waals surface area contributed by atoms with Crippen LogP contribution >= 0.6 is 11.6 Å². The zero-order chi connectivity index (χ0) is 20.1. The number of sulfonamides is 1. The number of nitrogens with one attached hydrogen (secondary N) is 1. The largest absolute Gasteiger partial charge is 0.306 e. The Morgan fingerprint density at radius 1 is 1.00 bits per heavy atom. The van der Waals surface area contributed by atoms with Gasteiger partial charge in [-0.05, 0) is 42.3 Å². The van der Waals surface area contributed by atoms with Gasteiger partial charge in [0.05, 0.1) is 16.6 Å². The second kappa shape index (κ2) is 9.29. The van der Waals surface area contributed by atoms with Crippen molar-refractivity contribution in [3.8, 4) is 0 Å². The van der Waals surface area contributed by atoms with Gasteiger partial charge < -0.3 is 5.32 Å². The smallest absolute Gasteiger partial charge is 0.264 e. The van der Waals surface area contributed by atoms with Gasteiger partial charge in [0.25, 0.3) is 10.0 Å². The first-order valence-corrected chi connectivity index (χ1v) is 11.9. The summed E-state index contributed by atoms with van der Waals surface area (Å²) >= 11 is 6.19. The van der Waals surface area contributed by atoms with Crippen LogP contribution < -0.4 is 9.62 Å². The number of nitrogens with zero attached hydrogens (tertiary/aromatic N) is 1.